The molecule has 21 heavy (non-hydrogen) atoms. The molecule has 0 unspecified atom stereocenters. The summed E-state index contributed by atoms with van der Waals surface area (Å²) in [5.41, 5.74) is 3.77. The molecule has 0 aliphatic carbocycles. The van der Waals surface area contributed by atoms with E-state index in [9.17, 15) is 10.1 Å². The van der Waals surface area contributed by atoms with Gasteiger partial charge in [-0.05, 0) is 18.1 Å². The first-order valence-corrected chi connectivity index (χ1v) is 6.48. The van der Waals surface area contributed by atoms with Crippen molar-refractivity contribution < 1.29 is 4.92 Å². The van der Waals surface area contributed by atoms with Crippen LogP contribution in [0.1, 0.15) is 18.9 Å². The van der Waals surface area contributed by atoms with Crippen molar-refractivity contribution in [1.29, 1.82) is 0 Å². The van der Waals surface area contributed by atoms with Crippen LogP contribution in [0.3, 0.4) is 0 Å². The fourth-order valence-corrected chi connectivity index (χ4v) is 2.01. The highest BCUT2D eigenvalue weighted by Gasteiger charge is 2.22. The minimum atomic E-state index is -0.569. The molecule has 0 bridgehead atoms. The Morgan fingerprint density at radius 3 is 2.67 bits per heavy atom. The normalized spacial score (nSPS) is 10.2. The van der Waals surface area contributed by atoms with Gasteiger partial charge in [0.1, 0.15) is 6.33 Å². The van der Waals surface area contributed by atoms with Crippen molar-refractivity contribution in [1.82, 2.24) is 9.97 Å². The van der Waals surface area contributed by atoms with Gasteiger partial charge in [-0.2, -0.15) is 0 Å². The van der Waals surface area contributed by atoms with E-state index in [0.717, 1.165) is 24.1 Å². The molecule has 8 nitrogen and oxygen atoms in total. The first-order valence-electron chi connectivity index (χ1n) is 6.48. The monoisotopic (exact) mass is 288 g/mol. The Labute approximate surface area is 121 Å². The van der Waals surface area contributed by atoms with Gasteiger partial charge in [0.05, 0.1) is 4.92 Å². The second-order valence-electron chi connectivity index (χ2n) is 4.35. The molecule has 1 heterocycles. The van der Waals surface area contributed by atoms with Gasteiger partial charge in [0.15, 0.2) is 0 Å². The summed E-state index contributed by atoms with van der Waals surface area (Å²) in [6.07, 6.45) is 3.05. The van der Waals surface area contributed by atoms with Crippen molar-refractivity contribution in [2.45, 2.75) is 19.8 Å². The SMILES string of the molecule is CCCc1ccccc1Nc1ncnc(NN)c1[N+](=O)[O-]. The predicted octanol–water partition coefficient (Wildman–Crippen LogP) is 2.37. The molecule has 0 saturated carbocycles. The Bertz CT molecular complexity index is 646. The van der Waals surface area contributed by atoms with E-state index in [-0.39, 0.29) is 17.3 Å². The highest BCUT2D eigenvalue weighted by Crippen LogP contribution is 2.31. The molecule has 0 saturated heterocycles. The highest BCUT2D eigenvalue weighted by molar-refractivity contribution is 5.74. The number of hydrogen-bond donors (Lipinski definition) is 3. The molecule has 0 fully saturated rings. The summed E-state index contributed by atoms with van der Waals surface area (Å²) >= 11 is 0. The number of nitrogens with two attached hydrogens (primary N) is 1. The first-order chi connectivity index (χ1) is 10.2. The molecule has 1 aromatic carbocycles. The van der Waals surface area contributed by atoms with Crippen LogP contribution in [0.5, 0.6) is 0 Å². The number of benzene rings is 1. The molecule has 4 N–H and O–H groups in total. The lowest BCUT2D eigenvalue weighted by Gasteiger charge is -2.11. The summed E-state index contributed by atoms with van der Waals surface area (Å²) in [5, 5.41) is 14.2. The van der Waals surface area contributed by atoms with E-state index in [1.165, 1.54) is 6.33 Å². The number of nitrogens with zero attached hydrogens (tertiary/aromatic N) is 3. The molecule has 0 atom stereocenters. The summed E-state index contributed by atoms with van der Waals surface area (Å²) in [6.45, 7) is 2.07. The molecule has 0 spiro atoms. The lowest BCUT2D eigenvalue weighted by molar-refractivity contribution is -0.383. The van der Waals surface area contributed by atoms with Gasteiger partial charge in [-0.1, -0.05) is 31.5 Å². The summed E-state index contributed by atoms with van der Waals surface area (Å²) < 4.78 is 0. The van der Waals surface area contributed by atoms with E-state index >= 15 is 0 Å². The Hall–Kier alpha value is -2.74. The molecule has 2 aromatic rings. The fourth-order valence-electron chi connectivity index (χ4n) is 2.01. The van der Waals surface area contributed by atoms with E-state index in [0.29, 0.717) is 0 Å². The van der Waals surface area contributed by atoms with Gasteiger partial charge in [-0.3, -0.25) is 10.1 Å². The van der Waals surface area contributed by atoms with E-state index < -0.39 is 4.92 Å². The summed E-state index contributed by atoms with van der Waals surface area (Å²) in [5.74, 6) is 5.32. The van der Waals surface area contributed by atoms with E-state index in [4.69, 9.17) is 5.84 Å². The Kier molecular flexibility index (Phi) is 4.62. The molecule has 2 rings (SSSR count). The Morgan fingerprint density at radius 2 is 2.00 bits per heavy atom. The van der Waals surface area contributed by atoms with Gasteiger partial charge in [0, 0.05) is 5.69 Å². The van der Waals surface area contributed by atoms with Crippen molar-refractivity contribution in [2.75, 3.05) is 10.7 Å². The second-order valence-corrected chi connectivity index (χ2v) is 4.35. The quantitative estimate of drug-likeness (QED) is 0.424. The van der Waals surface area contributed by atoms with Crippen molar-refractivity contribution in [3.8, 4) is 0 Å². The lowest BCUT2D eigenvalue weighted by Crippen LogP contribution is -2.13. The summed E-state index contributed by atoms with van der Waals surface area (Å²) in [7, 11) is 0. The van der Waals surface area contributed by atoms with Gasteiger partial charge in [-0.25, -0.2) is 15.8 Å². The number of aromatic nitrogens is 2. The van der Waals surface area contributed by atoms with Crippen LogP contribution in [0.2, 0.25) is 0 Å². The number of hydrogen-bond acceptors (Lipinski definition) is 7. The smallest absolute Gasteiger partial charge is 0.334 e. The third kappa shape index (κ3) is 3.23. The zero-order valence-corrected chi connectivity index (χ0v) is 11.5. The van der Waals surface area contributed by atoms with E-state index in [2.05, 4.69) is 27.6 Å². The van der Waals surface area contributed by atoms with Gasteiger partial charge >= 0.3 is 5.69 Å². The number of hydrazine groups is 1. The average Bonchev–Trinajstić information content (AvgIpc) is 2.49. The van der Waals surface area contributed by atoms with Crippen molar-refractivity contribution in [2.24, 2.45) is 5.84 Å². The van der Waals surface area contributed by atoms with Crippen molar-refractivity contribution in [3.63, 3.8) is 0 Å². The molecule has 1 aromatic heterocycles. The zero-order valence-electron chi connectivity index (χ0n) is 11.5. The number of aryl methyl sites for hydroxylation is 1. The molecule has 0 amide bonds. The lowest BCUT2D eigenvalue weighted by atomic mass is 10.1. The molecule has 0 aliphatic rings. The summed E-state index contributed by atoms with van der Waals surface area (Å²) in [6, 6.07) is 7.61. The largest absolute Gasteiger partial charge is 0.354 e. The van der Waals surface area contributed by atoms with Crippen LogP contribution in [0.15, 0.2) is 30.6 Å². The third-order valence-electron chi connectivity index (χ3n) is 2.93. The van der Waals surface area contributed by atoms with Gasteiger partial charge in [0.25, 0.3) is 0 Å². The minimum Gasteiger partial charge on any atom is -0.334 e. The van der Waals surface area contributed by atoms with Gasteiger partial charge in [0.2, 0.25) is 11.6 Å². The average molecular weight is 288 g/mol. The maximum atomic E-state index is 11.2. The molecule has 0 aliphatic heterocycles. The Morgan fingerprint density at radius 1 is 1.29 bits per heavy atom. The van der Waals surface area contributed by atoms with Gasteiger partial charge in [-0.15, -0.1) is 0 Å². The van der Waals surface area contributed by atoms with Crippen LogP contribution in [0, 0.1) is 10.1 Å². The molecule has 0 radical (unpaired) electrons. The predicted molar refractivity (Wildman–Crippen MR) is 80.2 cm³/mol. The van der Waals surface area contributed by atoms with Crippen LogP contribution in [-0.2, 0) is 6.42 Å². The van der Waals surface area contributed by atoms with Crippen LogP contribution in [0.4, 0.5) is 23.0 Å². The number of nitrogen functional groups attached to an aromatic ring is 1. The standard InChI is InChI=1S/C13H16N6O2/c1-2-5-9-6-3-4-7-10(9)17-12-11(19(20)21)13(18-14)16-8-15-12/h3-4,6-8H,2,5,14H2,1H3,(H2,15,16,17,18). The maximum Gasteiger partial charge on any atom is 0.354 e. The van der Waals surface area contributed by atoms with E-state index in [1.54, 1.807) is 0 Å². The molecule has 8 heteroatoms. The first kappa shape index (κ1) is 14.7. The Balaban J connectivity index is 2.42. The number of rotatable bonds is 6. The fraction of sp³-hybridized carbons (Fsp3) is 0.231. The minimum absolute atomic E-state index is 0.0366. The van der Waals surface area contributed by atoms with Crippen LogP contribution in [-0.4, -0.2) is 14.9 Å². The zero-order chi connectivity index (χ0) is 15.2. The summed E-state index contributed by atoms with van der Waals surface area (Å²) in [4.78, 5) is 18.3. The van der Waals surface area contributed by atoms with Crippen LogP contribution in [0.25, 0.3) is 0 Å². The number of nitro groups is 1. The number of anilines is 3. The molecular formula is C13H16N6O2. The third-order valence-corrected chi connectivity index (χ3v) is 2.93. The maximum absolute atomic E-state index is 11.2. The molecular weight excluding hydrogens is 272 g/mol. The topological polar surface area (TPSA) is 119 Å². The van der Waals surface area contributed by atoms with Gasteiger partial charge < -0.3 is 10.7 Å². The molecule has 110 valence electrons. The number of para-hydroxylation sites is 1. The van der Waals surface area contributed by atoms with E-state index in [1.807, 2.05) is 24.3 Å². The second kappa shape index (κ2) is 6.62. The van der Waals surface area contributed by atoms with Crippen molar-refractivity contribution >= 4 is 23.0 Å². The highest BCUT2D eigenvalue weighted by atomic mass is 16.6. The number of nitrogens with one attached hydrogen (secondary N) is 2. The van der Waals surface area contributed by atoms with Crippen LogP contribution >= 0.6 is 0 Å². The van der Waals surface area contributed by atoms with Crippen molar-refractivity contribution in [3.05, 3.63) is 46.3 Å². The van der Waals surface area contributed by atoms with Crippen LogP contribution < -0.4 is 16.6 Å².